The van der Waals surface area contributed by atoms with Crippen LogP contribution in [0, 0.1) is 5.92 Å². The number of allylic oxidation sites excluding steroid dienone is 5. The lowest BCUT2D eigenvalue weighted by Crippen LogP contribution is -2.33. The number of rotatable bonds is 9. The zero-order valence-electron chi connectivity index (χ0n) is 20.8. The Hall–Kier alpha value is -2.62. The van der Waals surface area contributed by atoms with Gasteiger partial charge < -0.3 is 15.2 Å². The second-order valence-corrected chi connectivity index (χ2v) is 8.87. The molecule has 2 N–H and O–H groups in total. The van der Waals surface area contributed by atoms with Crippen molar-refractivity contribution in [3.63, 3.8) is 0 Å². The minimum atomic E-state index is -0.583. The van der Waals surface area contributed by atoms with Crippen LogP contribution in [0.25, 0.3) is 0 Å². The Morgan fingerprint density at radius 3 is 2.12 bits per heavy atom. The third kappa shape index (κ3) is 8.00. The third-order valence-electron chi connectivity index (χ3n) is 6.45. The highest BCUT2D eigenvalue weighted by molar-refractivity contribution is 5.32. The van der Waals surface area contributed by atoms with Crippen LogP contribution in [-0.4, -0.2) is 24.4 Å². The maximum Gasteiger partial charge on any atom is 0.115 e. The summed E-state index contributed by atoms with van der Waals surface area (Å²) < 4.78 is 5.98. The molecule has 2 aliphatic carbocycles. The predicted molar refractivity (Wildman–Crippen MR) is 143 cm³/mol. The van der Waals surface area contributed by atoms with Gasteiger partial charge in [-0.1, -0.05) is 112 Å². The van der Waals surface area contributed by atoms with Gasteiger partial charge >= 0.3 is 0 Å². The van der Waals surface area contributed by atoms with Crippen LogP contribution in [-0.2, 0) is 4.74 Å². The van der Waals surface area contributed by atoms with E-state index in [0.29, 0.717) is 12.5 Å². The van der Waals surface area contributed by atoms with Crippen LogP contribution in [0.5, 0.6) is 0 Å². The van der Waals surface area contributed by atoms with E-state index in [1.54, 1.807) is 0 Å². The fourth-order valence-corrected chi connectivity index (χ4v) is 4.67. The van der Waals surface area contributed by atoms with Crippen LogP contribution in [0.15, 0.2) is 96.3 Å². The molecule has 0 aromatic heterocycles. The smallest absolute Gasteiger partial charge is 0.115 e. The standard InChI is InChI=1S/C29H35NO2.C2H6/c31-27(21-30-29(25-13-6-2-7-14-25)26-15-8-3-9-16-26)22-32-28-18-10-17-24(19-20-28)23-11-4-1-5-12-23;1-2/h2-3,6-10,13-17,19-20,23,27,29-31H,1,4-5,11-12,18,21-22H2;1-2H3. The average Bonchev–Trinajstić information content (AvgIpc) is 3.16. The topological polar surface area (TPSA) is 41.5 Å². The summed E-state index contributed by atoms with van der Waals surface area (Å²) in [4.78, 5) is 0. The number of aliphatic hydroxyl groups is 1. The molecule has 0 radical (unpaired) electrons. The molecule has 182 valence electrons. The first-order valence-electron chi connectivity index (χ1n) is 13.0. The summed E-state index contributed by atoms with van der Waals surface area (Å²) in [6.07, 6.45) is 15.6. The fraction of sp³-hybridized carbons (Fsp3) is 0.419. The second-order valence-electron chi connectivity index (χ2n) is 8.87. The van der Waals surface area contributed by atoms with Gasteiger partial charge in [0.2, 0.25) is 0 Å². The highest BCUT2D eigenvalue weighted by atomic mass is 16.5. The Morgan fingerprint density at radius 1 is 0.882 bits per heavy atom. The summed E-state index contributed by atoms with van der Waals surface area (Å²) in [7, 11) is 0. The molecule has 34 heavy (non-hydrogen) atoms. The van der Waals surface area contributed by atoms with Crippen molar-refractivity contribution < 1.29 is 9.84 Å². The van der Waals surface area contributed by atoms with Crippen LogP contribution >= 0.6 is 0 Å². The lowest BCUT2D eigenvalue weighted by molar-refractivity contribution is 0.0686. The van der Waals surface area contributed by atoms with Gasteiger partial charge in [0.1, 0.15) is 12.7 Å². The Morgan fingerprint density at radius 2 is 1.50 bits per heavy atom. The van der Waals surface area contributed by atoms with Crippen molar-refractivity contribution in [3.8, 4) is 0 Å². The van der Waals surface area contributed by atoms with Crippen molar-refractivity contribution in [2.45, 2.75) is 64.5 Å². The highest BCUT2D eigenvalue weighted by Crippen LogP contribution is 2.31. The molecule has 2 aliphatic rings. The number of hydrogen-bond acceptors (Lipinski definition) is 3. The number of aliphatic hydroxyl groups excluding tert-OH is 1. The van der Waals surface area contributed by atoms with Crippen molar-refractivity contribution >= 4 is 0 Å². The molecule has 0 amide bonds. The van der Waals surface area contributed by atoms with E-state index in [1.165, 1.54) is 48.8 Å². The first-order chi connectivity index (χ1) is 16.8. The number of nitrogens with one attached hydrogen (secondary N) is 1. The summed E-state index contributed by atoms with van der Waals surface area (Å²) in [5.41, 5.74) is 3.80. The number of benzene rings is 2. The summed E-state index contributed by atoms with van der Waals surface area (Å²) in [6, 6.07) is 20.8. The van der Waals surface area contributed by atoms with Crippen molar-refractivity contribution in [1.29, 1.82) is 0 Å². The van der Waals surface area contributed by atoms with E-state index in [4.69, 9.17) is 4.74 Å². The van der Waals surface area contributed by atoms with Crippen LogP contribution < -0.4 is 5.32 Å². The van der Waals surface area contributed by atoms with E-state index < -0.39 is 6.10 Å². The van der Waals surface area contributed by atoms with E-state index in [0.717, 1.165) is 12.2 Å². The molecule has 2 aromatic rings. The van der Waals surface area contributed by atoms with Crippen LogP contribution in [0.4, 0.5) is 0 Å². The minimum absolute atomic E-state index is 0.0352. The molecule has 1 fully saturated rings. The molecule has 4 rings (SSSR count). The molecule has 0 aliphatic heterocycles. The summed E-state index contributed by atoms with van der Waals surface area (Å²) in [5.74, 6) is 1.62. The Labute approximate surface area is 206 Å². The molecule has 0 bridgehead atoms. The van der Waals surface area contributed by atoms with Gasteiger partial charge in [0, 0.05) is 13.0 Å². The minimum Gasteiger partial charge on any atom is -0.495 e. The van der Waals surface area contributed by atoms with Gasteiger partial charge in [-0.25, -0.2) is 0 Å². The van der Waals surface area contributed by atoms with Gasteiger partial charge in [0.05, 0.1) is 11.8 Å². The Balaban J connectivity index is 0.00000158. The Bertz CT molecular complexity index is 871. The molecule has 0 saturated heterocycles. The van der Waals surface area contributed by atoms with Crippen molar-refractivity contribution in [1.82, 2.24) is 5.32 Å². The van der Waals surface area contributed by atoms with E-state index in [1.807, 2.05) is 50.2 Å². The van der Waals surface area contributed by atoms with E-state index in [2.05, 4.69) is 53.9 Å². The highest BCUT2D eigenvalue weighted by Gasteiger charge is 2.18. The van der Waals surface area contributed by atoms with Gasteiger partial charge in [-0.15, -0.1) is 0 Å². The molecule has 3 heteroatoms. The molecule has 0 heterocycles. The largest absolute Gasteiger partial charge is 0.495 e. The van der Waals surface area contributed by atoms with E-state index in [9.17, 15) is 5.11 Å². The molecule has 2 aromatic carbocycles. The second kappa shape index (κ2) is 14.6. The van der Waals surface area contributed by atoms with Crippen molar-refractivity contribution in [2.24, 2.45) is 5.92 Å². The normalized spacial score (nSPS) is 17.2. The SMILES string of the molecule is CC.OC(CNC(c1ccccc1)c1ccccc1)COC1=CC=C(C2CCCCC2)C=CC1. The molecule has 3 nitrogen and oxygen atoms in total. The summed E-state index contributed by atoms with van der Waals surface area (Å²) in [6.45, 7) is 4.75. The maximum absolute atomic E-state index is 10.6. The maximum atomic E-state index is 10.6. The molecular weight excluding hydrogens is 418 g/mol. The van der Waals surface area contributed by atoms with Gasteiger partial charge in [0.15, 0.2) is 0 Å². The van der Waals surface area contributed by atoms with Crippen LogP contribution in [0.3, 0.4) is 0 Å². The fourth-order valence-electron chi connectivity index (χ4n) is 4.67. The summed E-state index contributed by atoms with van der Waals surface area (Å²) in [5, 5.41) is 14.1. The van der Waals surface area contributed by atoms with Gasteiger partial charge in [-0.05, 0) is 41.5 Å². The van der Waals surface area contributed by atoms with Crippen LogP contribution in [0.1, 0.15) is 69.5 Å². The first kappa shape index (κ1) is 26.0. The van der Waals surface area contributed by atoms with Gasteiger partial charge in [0.25, 0.3) is 0 Å². The van der Waals surface area contributed by atoms with Gasteiger partial charge in [-0.2, -0.15) is 0 Å². The van der Waals surface area contributed by atoms with Crippen molar-refractivity contribution in [2.75, 3.05) is 13.2 Å². The lowest BCUT2D eigenvalue weighted by atomic mass is 9.83. The third-order valence-corrected chi connectivity index (χ3v) is 6.45. The molecular formula is C31H41NO2. The first-order valence-corrected chi connectivity index (χ1v) is 13.0. The number of ether oxygens (including phenoxy) is 1. The Kier molecular flexibility index (Phi) is 11.2. The molecule has 1 saturated carbocycles. The number of hydrogen-bond donors (Lipinski definition) is 2. The van der Waals surface area contributed by atoms with Crippen LogP contribution in [0.2, 0.25) is 0 Å². The lowest BCUT2D eigenvalue weighted by Gasteiger charge is -2.22. The average molecular weight is 460 g/mol. The zero-order chi connectivity index (χ0) is 24.0. The van der Waals surface area contributed by atoms with Crippen molar-refractivity contribution in [3.05, 3.63) is 107 Å². The quantitative estimate of drug-likeness (QED) is 0.419. The predicted octanol–water partition coefficient (Wildman–Crippen LogP) is 7.12. The summed E-state index contributed by atoms with van der Waals surface area (Å²) >= 11 is 0. The molecule has 1 atom stereocenters. The zero-order valence-corrected chi connectivity index (χ0v) is 20.8. The molecule has 0 spiro atoms. The van der Waals surface area contributed by atoms with Gasteiger partial charge in [-0.3, -0.25) is 0 Å². The molecule has 1 unspecified atom stereocenters. The van der Waals surface area contributed by atoms with E-state index in [-0.39, 0.29) is 12.6 Å². The van der Waals surface area contributed by atoms with E-state index >= 15 is 0 Å². The monoisotopic (exact) mass is 459 g/mol.